The number of halogens is 1. The molecule has 0 aliphatic rings. The number of amides is 2. The molecule has 7 heteroatoms. The van der Waals surface area contributed by atoms with Gasteiger partial charge < -0.3 is 10.6 Å². The maximum atomic E-state index is 12.4. The molecule has 0 aliphatic heterocycles. The third-order valence-electron chi connectivity index (χ3n) is 3.76. The molecule has 0 atom stereocenters. The summed E-state index contributed by atoms with van der Waals surface area (Å²) in [4.78, 5) is 29.5. The van der Waals surface area contributed by atoms with Crippen LogP contribution in [-0.2, 0) is 17.8 Å². The Hall–Kier alpha value is -2.70. The molecule has 0 saturated heterocycles. The van der Waals surface area contributed by atoms with Gasteiger partial charge in [0.1, 0.15) is 9.88 Å². The monoisotopic (exact) mass is 399 g/mol. The molecule has 0 aliphatic carbocycles. The van der Waals surface area contributed by atoms with Crippen molar-refractivity contribution in [3.8, 4) is 0 Å². The zero-order chi connectivity index (χ0) is 19.2. The van der Waals surface area contributed by atoms with Gasteiger partial charge in [0.15, 0.2) is 0 Å². The van der Waals surface area contributed by atoms with Gasteiger partial charge in [0.05, 0.1) is 12.1 Å². The summed E-state index contributed by atoms with van der Waals surface area (Å²) < 4.78 is 0. The van der Waals surface area contributed by atoms with E-state index in [4.69, 9.17) is 11.6 Å². The maximum absolute atomic E-state index is 12.4. The van der Waals surface area contributed by atoms with Gasteiger partial charge in [-0.3, -0.25) is 9.59 Å². The van der Waals surface area contributed by atoms with Crippen LogP contribution in [0.5, 0.6) is 0 Å². The molecule has 1 aromatic heterocycles. The fourth-order valence-electron chi connectivity index (χ4n) is 2.51. The van der Waals surface area contributed by atoms with Crippen LogP contribution in [0.3, 0.4) is 0 Å². The number of benzene rings is 2. The van der Waals surface area contributed by atoms with Gasteiger partial charge in [0, 0.05) is 17.3 Å². The Balaban J connectivity index is 1.60. The molecule has 0 bridgehead atoms. The first kappa shape index (κ1) is 19.1. The van der Waals surface area contributed by atoms with Gasteiger partial charge in [-0.2, -0.15) is 0 Å². The minimum atomic E-state index is -0.206. The van der Waals surface area contributed by atoms with Crippen molar-refractivity contribution >= 4 is 40.4 Å². The average Bonchev–Trinajstić information content (AvgIpc) is 3.00. The van der Waals surface area contributed by atoms with Crippen molar-refractivity contribution in [3.63, 3.8) is 0 Å². The number of nitrogens with zero attached hydrogens (tertiary/aromatic N) is 1. The number of hydrogen-bond acceptors (Lipinski definition) is 4. The standard InChI is InChI=1S/C20H18ClN3O2S/c1-13-19(20(26)22-12-14-6-3-2-4-7-14)27-18(23-13)11-17(25)24-16-9-5-8-15(21)10-16/h2-10H,11-12H2,1H3,(H,22,26)(H,24,25). The van der Waals surface area contributed by atoms with Crippen LogP contribution in [0.2, 0.25) is 5.02 Å². The van der Waals surface area contributed by atoms with Crippen molar-refractivity contribution < 1.29 is 9.59 Å². The Kier molecular flexibility index (Phi) is 6.21. The number of thiazole rings is 1. The van der Waals surface area contributed by atoms with Crippen molar-refractivity contribution in [2.24, 2.45) is 0 Å². The molecule has 2 aromatic carbocycles. The lowest BCUT2D eigenvalue weighted by atomic mass is 10.2. The molecule has 0 spiro atoms. The molecule has 0 unspecified atom stereocenters. The molecular formula is C20H18ClN3O2S. The van der Waals surface area contributed by atoms with Gasteiger partial charge in [-0.1, -0.05) is 48.0 Å². The van der Waals surface area contributed by atoms with Crippen LogP contribution in [0.1, 0.15) is 25.9 Å². The lowest BCUT2D eigenvalue weighted by Gasteiger charge is -2.04. The average molecular weight is 400 g/mol. The van der Waals surface area contributed by atoms with Crippen LogP contribution in [0.4, 0.5) is 5.69 Å². The number of carbonyl (C=O) groups is 2. The number of rotatable bonds is 6. The van der Waals surface area contributed by atoms with Gasteiger partial charge in [-0.25, -0.2) is 4.98 Å². The highest BCUT2D eigenvalue weighted by Gasteiger charge is 2.17. The number of anilines is 1. The molecule has 5 nitrogen and oxygen atoms in total. The Morgan fingerprint density at radius 1 is 1.11 bits per heavy atom. The Labute approximate surface area is 166 Å². The van der Waals surface area contributed by atoms with Crippen LogP contribution in [0.25, 0.3) is 0 Å². The summed E-state index contributed by atoms with van der Waals surface area (Å²) in [6.45, 7) is 2.22. The largest absolute Gasteiger partial charge is 0.347 e. The van der Waals surface area contributed by atoms with E-state index in [0.29, 0.717) is 32.8 Å². The predicted octanol–water partition coefficient (Wildman–Crippen LogP) is 4.22. The van der Waals surface area contributed by atoms with Gasteiger partial charge >= 0.3 is 0 Å². The molecular weight excluding hydrogens is 382 g/mol. The zero-order valence-electron chi connectivity index (χ0n) is 14.7. The summed E-state index contributed by atoms with van der Waals surface area (Å²) in [7, 11) is 0. The van der Waals surface area contributed by atoms with E-state index in [2.05, 4.69) is 15.6 Å². The van der Waals surface area contributed by atoms with Crippen molar-refractivity contribution in [1.29, 1.82) is 0 Å². The molecule has 3 rings (SSSR count). The van der Waals surface area contributed by atoms with E-state index in [1.54, 1.807) is 31.2 Å². The summed E-state index contributed by atoms with van der Waals surface area (Å²) >= 11 is 7.15. The van der Waals surface area contributed by atoms with Gasteiger partial charge in [-0.15, -0.1) is 11.3 Å². The van der Waals surface area contributed by atoms with Crippen molar-refractivity contribution in [2.45, 2.75) is 19.9 Å². The second-order valence-corrected chi connectivity index (χ2v) is 7.45. The van der Waals surface area contributed by atoms with Gasteiger partial charge in [-0.05, 0) is 30.7 Å². The highest BCUT2D eigenvalue weighted by molar-refractivity contribution is 7.13. The Bertz CT molecular complexity index is 957. The number of carbonyl (C=O) groups excluding carboxylic acids is 2. The van der Waals surface area contributed by atoms with E-state index in [1.165, 1.54) is 11.3 Å². The highest BCUT2D eigenvalue weighted by Crippen LogP contribution is 2.20. The minimum Gasteiger partial charge on any atom is -0.347 e. The van der Waals surface area contributed by atoms with E-state index in [0.717, 1.165) is 5.56 Å². The highest BCUT2D eigenvalue weighted by atomic mass is 35.5. The van der Waals surface area contributed by atoms with Crippen LogP contribution < -0.4 is 10.6 Å². The molecule has 0 saturated carbocycles. The smallest absolute Gasteiger partial charge is 0.263 e. The van der Waals surface area contributed by atoms with Crippen LogP contribution in [-0.4, -0.2) is 16.8 Å². The van der Waals surface area contributed by atoms with Crippen molar-refractivity contribution in [3.05, 3.63) is 80.8 Å². The van der Waals surface area contributed by atoms with Crippen molar-refractivity contribution in [2.75, 3.05) is 5.32 Å². The summed E-state index contributed by atoms with van der Waals surface area (Å²) in [6, 6.07) is 16.6. The predicted molar refractivity (Wildman–Crippen MR) is 108 cm³/mol. The lowest BCUT2D eigenvalue weighted by molar-refractivity contribution is -0.115. The van der Waals surface area contributed by atoms with Crippen LogP contribution in [0, 0.1) is 6.92 Å². The second kappa shape index (κ2) is 8.79. The molecule has 2 N–H and O–H groups in total. The van der Waals surface area contributed by atoms with Crippen molar-refractivity contribution in [1.82, 2.24) is 10.3 Å². The number of aromatic nitrogens is 1. The number of hydrogen-bond donors (Lipinski definition) is 2. The van der Waals surface area contributed by atoms with E-state index >= 15 is 0 Å². The normalized spacial score (nSPS) is 10.4. The molecule has 3 aromatic rings. The van der Waals surface area contributed by atoms with E-state index in [1.807, 2.05) is 30.3 Å². The van der Waals surface area contributed by atoms with E-state index in [-0.39, 0.29) is 18.2 Å². The first-order chi connectivity index (χ1) is 13.0. The molecule has 27 heavy (non-hydrogen) atoms. The molecule has 1 heterocycles. The maximum Gasteiger partial charge on any atom is 0.263 e. The van der Waals surface area contributed by atoms with E-state index in [9.17, 15) is 9.59 Å². The number of aryl methyl sites for hydroxylation is 1. The number of nitrogens with one attached hydrogen (secondary N) is 2. The zero-order valence-corrected chi connectivity index (χ0v) is 16.2. The molecule has 138 valence electrons. The lowest BCUT2D eigenvalue weighted by Crippen LogP contribution is -2.22. The molecule has 0 fully saturated rings. The summed E-state index contributed by atoms with van der Waals surface area (Å²) in [5.41, 5.74) is 2.27. The Morgan fingerprint density at radius 3 is 2.63 bits per heavy atom. The topological polar surface area (TPSA) is 71.1 Å². The quantitative estimate of drug-likeness (QED) is 0.652. The molecule has 0 radical (unpaired) electrons. The fourth-order valence-corrected chi connectivity index (χ4v) is 3.68. The van der Waals surface area contributed by atoms with Gasteiger partial charge in [0.2, 0.25) is 5.91 Å². The van der Waals surface area contributed by atoms with E-state index < -0.39 is 0 Å². The summed E-state index contributed by atoms with van der Waals surface area (Å²) in [6.07, 6.45) is 0.101. The molecule has 2 amide bonds. The fraction of sp³-hybridized carbons (Fsp3) is 0.150. The second-order valence-electron chi connectivity index (χ2n) is 5.93. The Morgan fingerprint density at radius 2 is 1.89 bits per heavy atom. The first-order valence-corrected chi connectivity index (χ1v) is 9.54. The summed E-state index contributed by atoms with van der Waals surface area (Å²) in [5.74, 6) is -0.391. The third-order valence-corrected chi connectivity index (χ3v) is 5.15. The first-order valence-electron chi connectivity index (χ1n) is 8.35. The SMILES string of the molecule is Cc1nc(CC(=O)Nc2cccc(Cl)c2)sc1C(=O)NCc1ccccc1. The third kappa shape index (κ3) is 5.39. The minimum absolute atomic E-state index is 0.101. The summed E-state index contributed by atoms with van der Waals surface area (Å²) in [5, 5.41) is 6.81. The van der Waals surface area contributed by atoms with Crippen LogP contribution >= 0.6 is 22.9 Å². The van der Waals surface area contributed by atoms with Crippen LogP contribution in [0.15, 0.2) is 54.6 Å². The van der Waals surface area contributed by atoms with Gasteiger partial charge in [0.25, 0.3) is 5.91 Å².